The van der Waals surface area contributed by atoms with Gasteiger partial charge in [-0.15, -0.1) is 0 Å². The minimum Gasteiger partial charge on any atom is -0.465 e. The van der Waals surface area contributed by atoms with Crippen molar-refractivity contribution in [3.63, 3.8) is 0 Å². The van der Waals surface area contributed by atoms with Crippen molar-refractivity contribution in [1.29, 1.82) is 0 Å². The van der Waals surface area contributed by atoms with E-state index < -0.39 is 6.09 Å². The topological polar surface area (TPSA) is 49.8 Å². The van der Waals surface area contributed by atoms with E-state index in [1.165, 1.54) is 4.90 Å². The molecule has 1 N–H and O–H groups in total. The molecule has 1 aliphatic rings. The van der Waals surface area contributed by atoms with E-state index in [-0.39, 0.29) is 12.1 Å². The van der Waals surface area contributed by atoms with Gasteiger partial charge < -0.3 is 14.7 Å². The fraction of sp³-hybridized carbons (Fsp3) is 0.900. The molecule has 1 rings (SSSR count). The Labute approximate surface area is 84.8 Å². The van der Waals surface area contributed by atoms with Gasteiger partial charge in [0.05, 0.1) is 12.1 Å². The predicted octanol–water partition coefficient (Wildman–Crippen LogP) is 1.80. The summed E-state index contributed by atoms with van der Waals surface area (Å²) < 4.78 is 5.21. The van der Waals surface area contributed by atoms with Crippen molar-refractivity contribution in [1.82, 2.24) is 4.90 Å². The second kappa shape index (κ2) is 4.64. The first-order valence-electron chi connectivity index (χ1n) is 5.08. The lowest BCUT2D eigenvalue weighted by Crippen LogP contribution is -2.54. The van der Waals surface area contributed by atoms with E-state index in [2.05, 4.69) is 0 Å². The van der Waals surface area contributed by atoms with Crippen molar-refractivity contribution < 1.29 is 14.6 Å². The average Bonchev–Trinajstić information content (AvgIpc) is 2.01. The van der Waals surface area contributed by atoms with E-state index in [0.29, 0.717) is 12.5 Å². The first kappa shape index (κ1) is 11.3. The zero-order valence-electron chi connectivity index (χ0n) is 9.06. The Morgan fingerprint density at radius 3 is 2.50 bits per heavy atom. The minimum absolute atomic E-state index is 0.0694. The Morgan fingerprint density at radius 1 is 1.57 bits per heavy atom. The summed E-state index contributed by atoms with van der Waals surface area (Å²) in [7, 11) is 1.65. The van der Waals surface area contributed by atoms with Crippen LogP contribution >= 0.6 is 0 Å². The first-order chi connectivity index (χ1) is 6.56. The molecule has 0 unspecified atom stereocenters. The van der Waals surface area contributed by atoms with Gasteiger partial charge >= 0.3 is 6.09 Å². The molecule has 0 aromatic carbocycles. The summed E-state index contributed by atoms with van der Waals surface area (Å²) in [5.74, 6) is 0.365. The third kappa shape index (κ3) is 2.38. The maximum absolute atomic E-state index is 11.0. The standard InChI is InChI=1S/C10H19NO3/c1-7(2)6-11(10(12)13)8-4-5-9(8)14-3/h7-9H,4-6H2,1-3H3,(H,12,13)/t8-,9+/m0/s1. The van der Waals surface area contributed by atoms with Crippen LogP contribution in [0.4, 0.5) is 4.79 Å². The largest absolute Gasteiger partial charge is 0.465 e. The Hall–Kier alpha value is -0.770. The average molecular weight is 201 g/mol. The van der Waals surface area contributed by atoms with E-state index in [1.54, 1.807) is 7.11 Å². The lowest BCUT2D eigenvalue weighted by Gasteiger charge is -2.42. The molecule has 4 heteroatoms. The number of carbonyl (C=O) groups is 1. The molecule has 4 nitrogen and oxygen atoms in total. The summed E-state index contributed by atoms with van der Waals surface area (Å²) in [4.78, 5) is 12.5. The minimum atomic E-state index is -0.828. The van der Waals surface area contributed by atoms with Crippen LogP contribution < -0.4 is 0 Å². The second-order valence-corrected chi connectivity index (χ2v) is 4.25. The normalized spacial score (nSPS) is 26.0. The molecule has 0 aliphatic heterocycles. The monoisotopic (exact) mass is 201 g/mol. The van der Waals surface area contributed by atoms with Gasteiger partial charge in [-0.25, -0.2) is 4.79 Å². The molecule has 1 amide bonds. The summed E-state index contributed by atoms with van der Waals surface area (Å²) in [5, 5.41) is 9.04. The molecule has 2 atom stereocenters. The van der Waals surface area contributed by atoms with Crippen LogP contribution in [-0.4, -0.2) is 41.9 Å². The number of ether oxygens (including phenoxy) is 1. The van der Waals surface area contributed by atoms with Gasteiger partial charge in [0.1, 0.15) is 0 Å². The van der Waals surface area contributed by atoms with E-state index in [0.717, 1.165) is 12.8 Å². The van der Waals surface area contributed by atoms with Crippen molar-refractivity contribution >= 4 is 6.09 Å². The van der Waals surface area contributed by atoms with Crippen LogP contribution in [0, 0.1) is 5.92 Å². The highest BCUT2D eigenvalue weighted by atomic mass is 16.5. The lowest BCUT2D eigenvalue weighted by atomic mass is 9.87. The Kier molecular flexibility index (Phi) is 3.75. The van der Waals surface area contributed by atoms with Gasteiger partial charge in [0, 0.05) is 13.7 Å². The van der Waals surface area contributed by atoms with Crippen LogP contribution in [0.1, 0.15) is 26.7 Å². The van der Waals surface area contributed by atoms with Gasteiger partial charge in [-0.3, -0.25) is 0 Å². The van der Waals surface area contributed by atoms with E-state index in [9.17, 15) is 4.79 Å². The number of rotatable bonds is 4. The summed E-state index contributed by atoms with van der Waals surface area (Å²) in [6, 6.07) is 0.0694. The Balaban J connectivity index is 2.54. The molecule has 0 radical (unpaired) electrons. The molecule has 1 saturated carbocycles. The molecule has 1 fully saturated rings. The molecule has 0 saturated heterocycles. The van der Waals surface area contributed by atoms with Gasteiger partial charge in [-0.05, 0) is 18.8 Å². The highest BCUT2D eigenvalue weighted by molar-refractivity contribution is 5.65. The molecular weight excluding hydrogens is 182 g/mol. The molecule has 0 heterocycles. The molecule has 1 aliphatic carbocycles. The molecule has 0 aromatic rings. The third-order valence-electron chi connectivity index (χ3n) is 2.69. The van der Waals surface area contributed by atoms with Crippen molar-refractivity contribution in [2.45, 2.75) is 38.8 Å². The Bertz CT molecular complexity index is 204. The molecule has 0 bridgehead atoms. The van der Waals surface area contributed by atoms with Crippen molar-refractivity contribution in [3.8, 4) is 0 Å². The summed E-state index contributed by atoms with van der Waals surface area (Å²) in [6.07, 6.45) is 1.18. The van der Waals surface area contributed by atoms with Crippen LogP contribution in [0.3, 0.4) is 0 Å². The zero-order valence-corrected chi connectivity index (χ0v) is 9.06. The van der Waals surface area contributed by atoms with Crippen molar-refractivity contribution in [2.75, 3.05) is 13.7 Å². The van der Waals surface area contributed by atoms with Gasteiger partial charge in [-0.1, -0.05) is 13.8 Å². The van der Waals surface area contributed by atoms with Gasteiger partial charge in [0.15, 0.2) is 0 Å². The van der Waals surface area contributed by atoms with Crippen molar-refractivity contribution in [2.24, 2.45) is 5.92 Å². The summed E-state index contributed by atoms with van der Waals surface area (Å²) in [5.41, 5.74) is 0. The summed E-state index contributed by atoms with van der Waals surface area (Å²) >= 11 is 0. The van der Waals surface area contributed by atoms with Gasteiger partial charge in [-0.2, -0.15) is 0 Å². The fourth-order valence-electron chi connectivity index (χ4n) is 1.83. The Morgan fingerprint density at radius 2 is 2.21 bits per heavy atom. The van der Waals surface area contributed by atoms with E-state index in [4.69, 9.17) is 9.84 Å². The third-order valence-corrected chi connectivity index (χ3v) is 2.69. The lowest BCUT2D eigenvalue weighted by molar-refractivity contribution is -0.0436. The number of nitrogens with zero attached hydrogens (tertiary/aromatic N) is 1. The maximum Gasteiger partial charge on any atom is 0.407 e. The highest BCUT2D eigenvalue weighted by Crippen LogP contribution is 2.28. The molecule has 0 spiro atoms. The van der Waals surface area contributed by atoms with E-state index in [1.807, 2.05) is 13.8 Å². The van der Waals surface area contributed by atoms with Crippen LogP contribution in [0.15, 0.2) is 0 Å². The zero-order chi connectivity index (χ0) is 10.7. The van der Waals surface area contributed by atoms with Crippen LogP contribution in [-0.2, 0) is 4.74 Å². The predicted molar refractivity (Wildman–Crippen MR) is 53.4 cm³/mol. The van der Waals surface area contributed by atoms with Crippen LogP contribution in [0.2, 0.25) is 0 Å². The van der Waals surface area contributed by atoms with Crippen LogP contribution in [0.5, 0.6) is 0 Å². The summed E-state index contributed by atoms with van der Waals surface area (Å²) in [6.45, 7) is 4.65. The second-order valence-electron chi connectivity index (χ2n) is 4.25. The van der Waals surface area contributed by atoms with E-state index >= 15 is 0 Å². The number of hydrogen-bond acceptors (Lipinski definition) is 2. The molecule has 82 valence electrons. The number of amides is 1. The quantitative estimate of drug-likeness (QED) is 0.754. The number of methoxy groups -OCH3 is 1. The molecule has 0 aromatic heterocycles. The molecular formula is C10H19NO3. The first-order valence-corrected chi connectivity index (χ1v) is 5.08. The number of carboxylic acid groups (broad SMARTS) is 1. The SMILES string of the molecule is CO[C@@H]1CC[C@@H]1N(CC(C)C)C(=O)O. The van der Waals surface area contributed by atoms with Gasteiger partial charge in [0.25, 0.3) is 0 Å². The van der Waals surface area contributed by atoms with Crippen LogP contribution in [0.25, 0.3) is 0 Å². The van der Waals surface area contributed by atoms with Gasteiger partial charge in [0.2, 0.25) is 0 Å². The molecule has 14 heavy (non-hydrogen) atoms. The van der Waals surface area contributed by atoms with Crippen molar-refractivity contribution in [3.05, 3.63) is 0 Å². The number of hydrogen-bond donors (Lipinski definition) is 1. The fourth-order valence-corrected chi connectivity index (χ4v) is 1.83. The highest BCUT2D eigenvalue weighted by Gasteiger charge is 2.38. The maximum atomic E-state index is 11.0. The smallest absolute Gasteiger partial charge is 0.407 e.